The van der Waals surface area contributed by atoms with Crippen molar-refractivity contribution in [3.8, 4) is 11.5 Å². The van der Waals surface area contributed by atoms with Gasteiger partial charge in [0.05, 0.1) is 11.6 Å². The molecule has 0 spiro atoms. The fourth-order valence-corrected chi connectivity index (χ4v) is 3.31. The zero-order chi connectivity index (χ0) is 17.8. The van der Waals surface area contributed by atoms with E-state index in [0.717, 1.165) is 35.0 Å². The summed E-state index contributed by atoms with van der Waals surface area (Å²) in [6, 6.07) is 11.8. The van der Waals surface area contributed by atoms with Gasteiger partial charge in [-0.1, -0.05) is 25.1 Å². The summed E-state index contributed by atoms with van der Waals surface area (Å²) in [5.74, 6) is 1.79. The molecule has 1 fully saturated rings. The lowest BCUT2D eigenvalue weighted by atomic mass is 10.0. The molecule has 0 N–H and O–H groups in total. The lowest BCUT2D eigenvalue weighted by molar-refractivity contribution is 0.120. The summed E-state index contributed by atoms with van der Waals surface area (Å²) >= 11 is 3.56. The fourth-order valence-electron chi connectivity index (χ4n) is 2.77. The van der Waals surface area contributed by atoms with Gasteiger partial charge in [-0.2, -0.15) is 0 Å². The first kappa shape index (κ1) is 17.8. The highest BCUT2D eigenvalue weighted by Crippen LogP contribution is 2.44. The third-order valence-corrected chi connectivity index (χ3v) is 4.94. The second-order valence-corrected chi connectivity index (χ2v) is 6.92. The molecular formula is C20H21BrO4. The molecule has 4 nitrogen and oxygen atoms in total. The molecule has 0 atom stereocenters. The Kier molecular flexibility index (Phi) is 5.63. The normalized spacial score (nSPS) is 13.4. The summed E-state index contributed by atoms with van der Waals surface area (Å²) in [4.78, 5) is 11.5. The molecule has 0 unspecified atom stereocenters. The predicted octanol–water partition coefficient (Wildman–Crippen LogP) is 5.61. The molecule has 0 amide bonds. The number of halogens is 1. The third-order valence-electron chi connectivity index (χ3n) is 4.32. The molecule has 1 aliphatic carbocycles. The summed E-state index contributed by atoms with van der Waals surface area (Å²) in [7, 11) is 1.30. The van der Waals surface area contributed by atoms with Gasteiger partial charge in [0.15, 0.2) is 0 Å². The van der Waals surface area contributed by atoms with E-state index in [-0.39, 0.29) is 0 Å². The van der Waals surface area contributed by atoms with Crippen molar-refractivity contribution >= 4 is 22.1 Å². The second-order valence-electron chi connectivity index (χ2n) is 6.06. The van der Waals surface area contributed by atoms with Crippen molar-refractivity contribution < 1.29 is 19.0 Å². The number of aryl methyl sites for hydroxylation is 1. The van der Waals surface area contributed by atoms with E-state index in [4.69, 9.17) is 9.47 Å². The van der Waals surface area contributed by atoms with Crippen molar-refractivity contribution in [3.05, 3.63) is 57.6 Å². The van der Waals surface area contributed by atoms with Crippen LogP contribution in [0.1, 0.15) is 42.4 Å². The van der Waals surface area contributed by atoms with Gasteiger partial charge >= 0.3 is 6.16 Å². The Morgan fingerprint density at radius 1 is 1.20 bits per heavy atom. The smallest absolute Gasteiger partial charge is 0.488 e. The first-order chi connectivity index (χ1) is 12.1. The first-order valence-corrected chi connectivity index (χ1v) is 9.20. The van der Waals surface area contributed by atoms with Crippen molar-refractivity contribution in [1.82, 2.24) is 0 Å². The van der Waals surface area contributed by atoms with E-state index in [9.17, 15) is 4.79 Å². The van der Waals surface area contributed by atoms with Crippen molar-refractivity contribution in [2.75, 3.05) is 7.11 Å². The molecule has 0 bridgehead atoms. The van der Waals surface area contributed by atoms with Crippen molar-refractivity contribution in [3.63, 3.8) is 0 Å². The monoisotopic (exact) mass is 404 g/mol. The van der Waals surface area contributed by atoms with Crippen LogP contribution >= 0.6 is 15.9 Å². The lowest BCUT2D eigenvalue weighted by Gasteiger charge is -2.16. The third kappa shape index (κ3) is 4.34. The summed E-state index contributed by atoms with van der Waals surface area (Å²) in [5, 5.41) is 0. The van der Waals surface area contributed by atoms with E-state index in [1.165, 1.54) is 18.2 Å². The van der Waals surface area contributed by atoms with Gasteiger partial charge in [-0.25, -0.2) is 4.79 Å². The minimum absolute atomic E-state index is 0.336. The molecule has 2 aromatic carbocycles. The molecule has 1 saturated carbocycles. The Morgan fingerprint density at radius 3 is 2.64 bits per heavy atom. The van der Waals surface area contributed by atoms with E-state index in [0.29, 0.717) is 18.3 Å². The Hall–Kier alpha value is -2.01. The van der Waals surface area contributed by atoms with Crippen LogP contribution in [-0.4, -0.2) is 13.3 Å². The second kappa shape index (κ2) is 7.91. The molecule has 0 aliphatic heterocycles. The Bertz CT molecular complexity index is 768. The van der Waals surface area contributed by atoms with E-state index < -0.39 is 6.16 Å². The highest BCUT2D eigenvalue weighted by atomic mass is 79.9. The van der Waals surface area contributed by atoms with Crippen LogP contribution in [0.2, 0.25) is 0 Å². The number of hydrogen-bond acceptors (Lipinski definition) is 4. The number of carbonyl (C=O) groups excluding carboxylic acids is 1. The van der Waals surface area contributed by atoms with Crippen LogP contribution in [0.4, 0.5) is 4.79 Å². The van der Waals surface area contributed by atoms with Crippen molar-refractivity contribution in [1.29, 1.82) is 0 Å². The van der Waals surface area contributed by atoms with Crippen molar-refractivity contribution in [2.24, 2.45) is 0 Å². The van der Waals surface area contributed by atoms with Gasteiger partial charge in [0.2, 0.25) is 0 Å². The van der Waals surface area contributed by atoms with E-state index in [1.807, 2.05) is 12.1 Å². The van der Waals surface area contributed by atoms with Crippen molar-refractivity contribution in [2.45, 2.75) is 38.7 Å². The number of ether oxygens (including phenoxy) is 3. The summed E-state index contributed by atoms with van der Waals surface area (Å²) in [6.07, 6.45) is 2.57. The molecule has 5 heteroatoms. The highest BCUT2D eigenvalue weighted by molar-refractivity contribution is 9.10. The van der Waals surface area contributed by atoms with Crippen LogP contribution in [0, 0.1) is 0 Å². The van der Waals surface area contributed by atoms with Crippen LogP contribution in [0.3, 0.4) is 0 Å². The standard InChI is InChI=1S/C20H21BrO4/c1-3-13-7-10-19(17(21)11-13)24-12-16-15(14-8-9-14)5-4-6-18(16)25-20(22)23-2/h4-7,10-11,14H,3,8-9,12H2,1-2H3. The quantitative estimate of drug-likeness (QED) is 0.463. The number of carbonyl (C=O) groups is 1. The SMILES string of the molecule is CCc1ccc(OCc2c(OC(=O)OC)cccc2C2CC2)c(Br)c1. The molecule has 0 radical (unpaired) electrons. The molecule has 25 heavy (non-hydrogen) atoms. The minimum Gasteiger partial charge on any atom is -0.488 e. The van der Waals surface area contributed by atoms with Gasteiger partial charge in [0, 0.05) is 5.56 Å². The van der Waals surface area contributed by atoms with Gasteiger partial charge in [0.25, 0.3) is 0 Å². The Balaban J connectivity index is 1.84. The number of rotatable bonds is 6. The molecule has 132 valence electrons. The maximum Gasteiger partial charge on any atom is 0.513 e. The molecule has 0 heterocycles. The summed E-state index contributed by atoms with van der Waals surface area (Å²) in [6.45, 7) is 2.45. The van der Waals surface area contributed by atoms with Crippen LogP contribution in [0.5, 0.6) is 11.5 Å². The number of methoxy groups -OCH3 is 1. The molecular weight excluding hydrogens is 384 g/mol. The first-order valence-electron chi connectivity index (χ1n) is 8.41. The molecule has 0 aromatic heterocycles. The molecule has 0 saturated heterocycles. The minimum atomic E-state index is -0.720. The van der Waals surface area contributed by atoms with Crippen LogP contribution in [0.25, 0.3) is 0 Å². The highest BCUT2D eigenvalue weighted by Gasteiger charge is 2.28. The van der Waals surface area contributed by atoms with Gasteiger partial charge in [0.1, 0.15) is 18.1 Å². The fraction of sp³-hybridized carbons (Fsp3) is 0.350. The summed E-state index contributed by atoms with van der Waals surface area (Å²) in [5.41, 5.74) is 3.33. The van der Waals surface area contributed by atoms with Crippen LogP contribution in [0.15, 0.2) is 40.9 Å². The average Bonchev–Trinajstić information content (AvgIpc) is 3.46. The van der Waals surface area contributed by atoms with Gasteiger partial charge < -0.3 is 14.2 Å². The van der Waals surface area contributed by atoms with Gasteiger partial charge in [-0.3, -0.25) is 0 Å². The van der Waals surface area contributed by atoms with Gasteiger partial charge in [-0.15, -0.1) is 0 Å². The Morgan fingerprint density at radius 2 is 2.00 bits per heavy atom. The van der Waals surface area contributed by atoms with E-state index in [1.54, 1.807) is 6.07 Å². The molecule has 2 aromatic rings. The maximum absolute atomic E-state index is 11.5. The van der Waals surface area contributed by atoms with Crippen LogP contribution < -0.4 is 9.47 Å². The van der Waals surface area contributed by atoms with Gasteiger partial charge in [-0.05, 0) is 70.4 Å². The average molecular weight is 405 g/mol. The maximum atomic E-state index is 11.5. The number of benzene rings is 2. The van der Waals surface area contributed by atoms with E-state index in [2.05, 4.69) is 45.8 Å². The molecule has 1 aliphatic rings. The Labute approximate surface area is 156 Å². The topological polar surface area (TPSA) is 44.8 Å². The summed E-state index contributed by atoms with van der Waals surface area (Å²) < 4.78 is 16.9. The zero-order valence-electron chi connectivity index (χ0n) is 14.4. The van der Waals surface area contributed by atoms with E-state index >= 15 is 0 Å². The number of hydrogen-bond donors (Lipinski definition) is 0. The molecule has 3 rings (SSSR count). The predicted molar refractivity (Wildman–Crippen MR) is 99.3 cm³/mol. The zero-order valence-corrected chi connectivity index (χ0v) is 16.0. The largest absolute Gasteiger partial charge is 0.513 e. The van der Waals surface area contributed by atoms with Crippen LogP contribution in [-0.2, 0) is 17.8 Å². The lowest BCUT2D eigenvalue weighted by Crippen LogP contribution is -2.11.